The third kappa shape index (κ3) is 3.33. The second-order valence-electron chi connectivity index (χ2n) is 4.76. The van der Waals surface area contributed by atoms with Gasteiger partial charge >= 0.3 is 0 Å². The first-order chi connectivity index (χ1) is 8.15. The Morgan fingerprint density at radius 3 is 3.12 bits per heavy atom. The average molecular weight is 238 g/mol. The molecular weight excluding hydrogens is 219 g/mol. The molecule has 0 saturated carbocycles. The van der Waals surface area contributed by atoms with E-state index in [1.165, 1.54) is 31.0 Å². The molecule has 1 saturated heterocycles. The molecule has 1 aromatic rings. The van der Waals surface area contributed by atoms with Crippen molar-refractivity contribution in [3.63, 3.8) is 0 Å². The molecule has 3 nitrogen and oxygen atoms in total. The quantitative estimate of drug-likeness (QED) is 0.820. The Bertz CT molecular complexity index is 384. The molecule has 1 aromatic carbocycles. The van der Waals surface area contributed by atoms with Crippen LogP contribution < -0.4 is 10.5 Å². The number of rotatable bonds is 3. The van der Waals surface area contributed by atoms with E-state index in [-0.39, 0.29) is 5.82 Å². The fraction of sp³-hybridized carbons (Fsp3) is 0.538. The molecule has 2 N–H and O–H groups in total. The number of hydrogen-bond donors (Lipinski definition) is 1. The van der Waals surface area contributed by atoms with Crippen LogP contribution in [0.15, 0.2) is 18.2 Å². The Morgan fingerprint density at radius 2 is 2.35 bits per heavy atom. The van der Waals surface area contributed by atoms with Crippen LogP contribution >= 0.6 is 0 Å². The molecule has 1 atom stereocenters. The summed E-state index contributed by atoms with van der Waals surface area (Å²) >= 11 is 0. The highest BCUT2D eigenvalue weighted by molar-refractivity contribution is 5.52. The van der Waals surface area contributed by atoms with Gasteiger partial charge in [-0.05, 0) is 38.6 Å². The van der Waals surface area contributed by atoms with E-state index < -0.39 is 0 Å². The second kappa shape index (κ2) is 5.36. The highest BCUT2D eigenvalue weighted by Gasteiger charge is 2.18. The first-order valence-corrected chi connectivity index (χ1v) is 6.01. The second-order valence-corrected chi connectivity index (χ2v) is 4.76. The Kier molecular flexibility index (Phi) is 3.84. The molecule has 1 unspecified atom stereocenters. The summed E-state index contributed by atoms with van der Waals surface area (Å²) < 4.78 is 18.6. The van der Waals surface area contributed by atoms with Crippen molar-refractivity contribution in [2.75, 3.05) is 32.5 Å². The van der Waals surface area contributed by atoms with Gasteiger partial charge in [0.15, 0.2) is 0 Å². The Labute approximate surface area is 101 Å². The molecule has 1 aliphatic rings. The predicted molar refractivity (Wildman–Crippen MR) is 66.5 cm³/mol. The van der Waals surface area contributed by atoms with Gasteiger partial charge in [-0.3, -0.25) is 0 Å². The summed E-state index contributed by atoms with van der Waals surface area (Å²) in [5, 5.41) is 0. The molecule has 0 spiro atoms. The van der Waals surface area contributed by atoms with E-state index in [0.717, 1.165) is 13.1 Å². The molecule has 94 valence electrons. The van der Waals surface area contributed by atoms with E-state index in [4.69, 9.17) is 10.5 Å². The lowest BCUT2D eigenvalue weighted by molar-refractivity contribution is 0.150. The lowest BCUT2D eigenvalue weighted by atomic mass is 9.99. The van der Waals surface area contributed by atoms with Crippen molar-refractivity contribution < 1.29 is 9.13 Å². The normalized spacial score (nSPS) is 21.4. The number of nitrogens with two attached hydrogens (primary N) is 1. The zero-order valence-electron chi connectivity index (χ0n) is 10.2. The van der Waals surface area contributed by atoms with Gasteiger partial charge in [0.25, 0.3) is 0 Å². The number of hydrogen-bond acceptors (Lipinski definition) is 3. The van der Waals surface area contributed by atoms with Gasteiger partial charge in [0.05, 0.1) is 12.3 Å². The van der Waals surface area contributed by atoms with Crippen molar-refractivity contribution >= 4 is 5.69 Å². The maximum absolute atomic E-state index is 13.0. The predicted octanol–water partition coefficient (Wildman–Crippen LogP) is 2.13. The van der Waals surface area contributed by atoms with Crippen molar-refractivity contribution in [2.24, 2.45) is 5.92 Å². The SMILES string of the molecule is CN1CCCC(COc2cc(F)ccc2N)C1. The number of likely N-dealkylation sites (tertiary alicyclic amines) is 1. The summed E-state index contributed by atoms with van der Waals surface area (Å²) in [7, 11) is 2.11. The fourth-order valence-electron chi connectivity index (χ4n) is 2.25. The number of nitrogen functional groups attached to an aromatic ring is 1. The molecule has 0 aliphatic carbocycles. The Morgan fingerprint density at radius 1 is 1.53 bits per heavy atom. The van der Waals surface area contributed by atoms with Crippen molar-refractivity contribution in [1.82, 2.24) is 4.90 Å². The molecule has 0 amide bonds. The summed E-state index contributed by atoms with van der Waals surface area (Å²) in [5.74, 6) is 0.657. The van der Waals surface area contributed by atoms with Crippen LogP contribution in [0.25, 0.3) is 0 Å². The van der Waals surface area contributed by atoms with Crippen LogP contribution in [0, 0.1) is 11.7 Å². The zero-order valence-corrected chi connectivity index (χ0v) is 10.2. The number of piperidine rings is 1. The minimum Gasteiger partial charge on any atom is -0.491 e. The molecular formula is C13H19FN2O. The Hall–Kier alpha value is -1.29. The van der Waals surface area contributed by atoms with Crippen LogP contribution in [0.1, 0.15) is 12.8 Å². The van der Waals surface area contributed by atoms with Crippen molar-refractivity contribution in [2.45, 2.75) is 12.8 Å². The number of nitrogens with zero attached hydrogens (tertiary/aromatic N) is 1. The summed E-state index contributed by atoms with van der Waals surface area (Å²) in [6.07, 6.45) is 2.36. The molecule has 0 bridgehead atoms. The van der Waals surface area contributed by atoms with Gasteiger partial charge in [-0.1, -0.05) is 0 Å². The molecule has 1 fully saturated rings. The fourth-order valence-corrected chi connectivity index (χ4v) is 2.25. The minimum atomic E-state index is -0.310. The first kappa shape index (κ1) is 12.2. The van der Waals surface area contributed by atoms with Crippen LogP contribution in [-0.2, 0) is 0 Å². The average Bonchev–Trinajstić information content (AvgIpc) is 2.30. The smallest absolute Gasteiger partial charge is 0.145 e. The number of anilines is 1. The van der Waals surface area contributed by atoms with Gasteiger partial charge in [0.2, 0.25) is 0 Å². The van der Waals surface area contributed by atoms with Crippen molar-refractivity contribution in [3.05, 3.63) is 24.0 Å². The molecule has 1 heterocycles. The van der Waals surface area contributed by atoms with Crippen molar-refractivity contribution in [1.29, 1.82) is 0 Å². The van der Waals surface area contributed by atoms with Crippen LogP contribution in [0.5, 0.6) is 5.75 Å². The van der Waals surface area contributed by atoms with Gasteiger partial charge in [-0.2, -0.15) is 0 Å². The molecule has 4 heteroatoms. The van der Waals surface area contributed by atoms with Gasteiger partial charge in [-0.25, -0.2) is 4.39 Å². The van der Waals surface area contributed by atoms with Gasteiger partial charge in [-0.15, -0.1) is 0 Å². The highest BCUT2D eigenvalue weighted by Crippen LogP contribution is 2.24. The zero-order chi connectivity index (χ0) is 12.3. The summed E-state index contributed by atoms with van der Waals surface area (Å²) in [5.41, 5.74) is 6.23. The number of ether oxygens (including phenoxy) is 1. The van der Waals surface area contributed by atoms with E-state index in [2.05, 4.69) is 11.9 Å². The van der Waals surface area contributed by atoms with Crippen LogP contribution in [0.4, 0.5) is 10.1 Å². The topological polar surface area (TPSA) is 38.5 Å². The van der Waals surface area contributed by atoms with E-state index in [1.54, 1.807) is 0 Å². The summed E-state index contributed by atoms with van der Waals surface area (Å²) in [4.78, 5) is 2.30. The maximum atomic E-state index is 13.0. The van der Waals surface area contributed by atoms with Crippen LogP contribution in [-0.4, -0.2) is 31.6 Å². The van der Waals surface area contributed by atoms with E-state index in [9.17, 15) is 4.39 Å². The molecule has 2 rings (SSSR count). The van der Waals surface area contributed by atoms with E-state index in [1.807, 2.05) is 0 Å². The molecule has 0 aromatic heterocycles. The third-order valence-electron chi connectivity index (χ3n) is 3.17. The Balaban J connectivity index is 1.90. The van der Waals surface area contributed by atoms with E-state index >= 15 is 0 Å². The van der Waals surface area contributed by atoms with E-state index in [0.29, 0.717) is 24.0 Å². The monoisotopic (exact) mass is 238 g/mol. The maximum Gasteiger partial charge on any atom is 0.145 e. The summed E-state index contributed by atoms with van der Waals surface area (Å²) in [6.45, 7) is 2.80. The summed E-state index contributed by atoms with van der Waals surface area (Å²) in [6, 6.07) is 4.23. The minimum absolute atomic E-state index is 0.310. The number of halogens is 1. The third-order valence-corrected chi connectivity index (χ3v) is 3.17. The highest BCUT2D eigenvalue weighted by atomic mass is 19.1. The van der Waals surface area contributed by atoms with Crippen LogP contribution in [0.2, 0.25) is 0 Å². The lowest BCUT2D eigenvalue weighted by Gasteiger charge is -2.29. The van der Waals surface area contributed by atoms with Crippen molar-refractivity contribution in [3.8, 4) is 5.75 Å². The molecule has 0 radical (unpaired) electrons. The standard InChI is InChI=1S/C13H19FN2O/c1-16-6-2-3-10(8-16)9-17-13-7-11(14)4-5-12(13)15/h4-5,7,10H,2-3,6,8-9,15H2,1H3. The molecule has 1 aliphatic heterocycles. The number of benzene rings is 1. The van der Waals surface area contributed by atoms with Gasteiger partial charge in [0, 0.05) is 18.5 Å². The lowest BCUT2D eigenvalue weighted by Crippen LogP contribution is -2.34. The first-order valence-electron chi connectivity index (χ1n) is 6.01. The molecule has 17 heavy (non-hydrogen) atoms. The van der Waals surface area contributed by atoms with Gasteiger partial charge in [0.1, 0.15) is 11.6 Å². The largest absolute Gasteiger partial charge is 0.491 e. The van der Waals surface area contributed by atoms with Crippen LogP contribution in [0.3, 0.4) is 0 Å². The van der Waals surface area contributed by atoms with Gasteiger partial charge < -0.3 is 15.4 Å².